The van der Waals surface area contributed by atoms with Crippen LogP contribution >= 0.6 is 23.4 Å². The topological polar surface area (TPSA) is 24.9 Å². The molecule has 1 aliphatic rings. The number of halogens is 1. The van der Waals surface area contributed by atoms with Gasteiger partial charge in [0.05, 0.1) is 5.02 Å². The van der Waals surface area contributed by atoms with E-state index in [9.17, 15) is 0 Å². The number of pyridine rings is 1. The number of hydrogen-bond donors (Lipinski definition) is 1. The van der Waals surface area contributed by atoms with Crippen molar-refractivity contribution in [3.63, 3.8) is 0 Å². The smallest absolute Gasteiger partial charge is 0.115 e. The SMILES string of the molecule is CCNC1CCC(Sc2ncccc2Cl)C1. The van der Waals surface area contributed by atoms with Gasteiger partial charge >= 0.3 is 0 Å². The minimum atomic E-state index is 0.663. The Labute approximate surface area is 106 Å². The first-order chi connectivity index (χ1) is 7.79. The quantitative estimate of drug-likeness (QED) is 0.894. The molecule has 1 aliphatic carbocycles. The summed E-state index contributed by atoms with van der Waals surface area (Å²) in [5.74, 6) is 0. The molecule has 0 spiro atoms. The first-order valence-electron chi connectivity index (χ1n) is 5.80. The second-order valence-electron chi connectivity index (χ2n) is 4.10. The van der Waals surface area contributed by atoms with Gasteiger partial charge in [0.2, 0.25) is 0 Å². The van der Waals surface area contributed by atoms with Gasteiger partial charge in [-0.3, -0.25) is 0 Å². The summed E-state index contributed by atoms with van der Waals surface area (Å²) in [4.78, 5) is 4.32. The van der Waals surface area contributed by atoms with Gasteiger partial charge in [-0.15, -0.1) is 11.8 Å². The molecular formula is C12H17ClN2S. The molecule has 1 fully saturated rings. The van der Waals surface area contributed by atoms with Crippen LogP contribution in [0.4, 0.5) is 0 Å². The molecular weight excluding hydrogens is 240 g/mol. The van der Waals surface area contributed by atoms with Gasteiger partial charge in [0.15, 0.2) is 0 Å². The van der Waals surface area contributed by atoms with Crippen LogP contribution in [0.25, 0.3) is 0 Å². The molecule has 1 heterocycles. The molecule has 0 amide bonds. The van der Waals surface area contributed by atoms with Crippen LogP contribution in [0.5, 0.6) is 0 Å². The summed E-state index contributed by atoms with van der Waals surface area (Å²) in [6, 6.07) is 4.47. The fourth-order valence-corrected chi connectivity index (χ4v) is 3.59. The molecule has 1 saturated carbocycles. The normalized spacial score (nSPS) is 24.9. The van der Waals surface area contributed by atoms with E-state index in [0.29, 0.717) is 11.3 Å². The molecule has 0 saturated heterocycles. The highest BCUT2D eigenvalue weighted by molar-refractivity contribution is 8.00. The molecule has 2 rings (SSSR count). The summed E-state index contributed by atoms with van der Waals surface area (Å²) in [6.07, 6.45) is 5.57. The number of hydrogen-bond acceptors (Lipinski definition) is 3. The van der Waals surface area contributed by atoms with Gasteiger partial charge in [0.1, 0.15) is 5.03 Å². The molecule has 1 N–H and O–H groups in total. The minimum absolute atomic E-state index is 0.663. The van der Waals surface area contributed by atoms with Crippen molar-refractivity contribution >= 4 is 23.4 Å². The minimum Gasteiger partial charge on any atom is -0.314 e. The third-order valence-corrected chi connectivity index (χ3v) is 4.61. The highest BCUT2D eigenvalue weighted by atomic mass is 35.5. The van der Waals surface area contributed by atoms with E-state index in [1.165, 1.54) is 19.3 Å². The van der Waals surface area contributed by atoms with Crippen LogP contribution in [0, 0.1) is 0 Å². The van der Waals surface area contributed by atoms with Crippen LogP contribution in [-0.4, -0.2) is 22.8 Å². The Morgan fingerprint density at radius 1 is 1.56 bits per heavy atom. The first-order valence-corrected chi connectivity index (χ1v) is 7.06. The molecule has 1 aromatic rings. The number of nitrogens with one attached hydrogen (secondary N) is 1. The van der Waals surface area contributed by atoms with Gasteiger partial charge < -0.3 is 5.32 Å². The second kappa shape index (κ2) is 5.89. The molecule has 2 atom stereocenters. The zero-order chi connectivity index (χ0) is 11.4. The van der Waals surface area contributed by atoms with E-state index in [1.54, 1.807) is 0 Å². The zero-order valence-electron chi connectivity index (χ0n) is 9.45. The van der Waals surface area contributed by atoms with E-state index in [1.807, 2.05) is 30.1 Å². The highest BCUT2D eigenvalue weighted by Crippen LogP contribution is 2.36. The van der Waals surface area contributed by atoms with Gasteiger partial charge in [-0.1, -0.05) is 18.5 Å². The van der Waals surface area contributed by atoms with Gasteiger partial charge in [-0.25, -0.2) is 4.98 Å². The third-order valence-electron chi connectivity index (χ3n) is 2.88. The van der Waals surface area contributed by atoms with Gasteiger partial charge in [-0.2, -0.15) is 0 Å². The van der Waals surface area contributed by atoms with Crippen molar-refractivity contribution in [3.8, 4) is 0 Å². The van der Waals surface area contributed by atoms with Crippen LogP contribution in [0.2, 0.25) is 5.02 Å². The van der Waals surface area contributed by atoms with Crippen LogP contribution < -0.4 is 5.32 Å². The molecule has 0 bridgehead atoms. The van der Waals surface area contributed by atoms with Gasteiger partial charge in [0, 0.05) is 17.5 Å². The standard InChI is InChI=1S/C12H17ClN2S/c1-2-14-9-5-6-10(8-9)16-12-11(13)4-3-7-15-12/h3-4,7,9-10,14H,2,5-6,8H2,1H3. The van der Waals surface area contributed by atoms with E-state index >= 15 is 0 Å². The Morgan fingerprint density at radius 2 is 2.44 bits per heavy atom. The van der Waals surface area contributed by atoms with Crippen molar-refractivity contribution < 1.29 is 0 Å². The van der Waals surface area contributed by atoms with Crippen molar-refractivity contribution in [2.75, 3.05) is 6.54 Å². The summed E-state index contributed by atoms with van der Waals surface area (Å²) in [5.41, 5.74) is 0. The third kappa shape index (κ3) is 3.12. The zero-order valence-corrected chi connectivity index (χ0v) is 11.0. The van der Waals surface area contributed by atoms with Gasteiger partial charge in [-0.05, 0) is 37.9 Å². The molecule has 2 nitrogen and oxygen atoms in total. The lowest BCUT2D eigenvalue weighted by Crippen LogP contribution is -2.26. The lowest BCUT2D eigenvalue weighted by atomic mass is 10.2. The predicted molar refractivity (Wildman–Crippen MR) is 70.2 cm³/mol. The lowest BCUT2D eigenvalue weighted by Gasteiger charge is -2.11. The second-order valence-corrected chi connectivity index (χ2v) is 5.79. The highest BCUT2D eigenvalue weighted by Gasteiger charge is 2.25. The number of rotatable bonds is 4. The van der Waals surface area contributed by atoms with Gasteiger partial charge in [0.25, 0.3) is 0 Å². The molecule has 0 aromatic carbocycles. The summed E-state index contributed by atoms with van der Waals surface area (Å²) in [7, 11) is 0. The fraction of sp³-hybridized carbons (Fsp3) is 0.583. The van der Waals surface area contributed by atoms with Crippen molar-refractivity contribution in [3.05, 3.63) is 23.4 Å². The van der Waals surface area contributed by atoms with E-state index in [4.69, 9.17) is 11.6 Å². The number of nitrogens with zero attached hydrogens (tertiary/aromatic N) is 1. The molecule has 0 radical (unpaired) electrons. The Bertz CT molecular complexity index is 346. The van der Waals surface area contributed by atoms with Crippen LogP contribution in [0.3, 0.4) is 0 Å². The first kappa shape index (κ1) is 12.2. The van der Waals surface area contributed by atoms with Crippen LogP contribution in [0.1, 0.15) is 26.2 Å². The van der Waals surface area contributed by atoms with E-state index in [2.05, 4.69) is 17.2 Å². The number of aromatic nitrogens is 1. The fourth-order valence-electron chi connectivity index (χ4n) is 2.14. The molecule has 16 heavy (non-hydrogen) atoms. The molecule has 4 heteroatoms. The number of thioether (sulfide) groups is 1. The van der Waals surface area contributed by atoms with E-state index < -0.39 is 0 Å². The Kier molecular flexibility index (Phi) is 4.50. The van der Waals surface area contributed by atoms with Crippen LogP contribution in [0.15, 0.2) is 23.4 Å². The summed E-state index contributed by atoms with van der Waals surface area (Å²) in [6.45, 7) is 3.22. The summed E-state index contributed by atoms with van der Waals surface area (Å²) < 4.78 is 0. The summed E-state index contributed by atoms with van der Waals surface area (Å²) in [5, 5.41) is 5.93. The van der Waals surface area contributed by atoms with Crippen molar-refractivity contribution in [2.45, 2.75) is 42.5 Å². The average molecular weight is 257 g/mol. The summed E-state index contributed by atoms with van der Waals surface area (Å²) >= 11 is 7.93. The van der Waals surface area contributed by atoms with E-state index in [0.717, 1.165) is 16.6 Å². The molecule has 0 aliphatic heterocycles. The van der Waals surface area contributed by atoms with Crippen molar-refractivity contribution in [1.29, 1.82) is 0 Å². The Balaban J connectivity index is 1.90. The lowest BCUT2D eigenvalue weighted by molar-refractivity contribution is 0.543. The molecule has 1 aromatic heterocycles. The Hall–Kier alpha value is -0.250. The van der Waals surface area contributed by atoms with Crippen LogP contribution in [-0.2, 0) is 0 Å². The average Bonchev–Trinajstić information content (AvgIpc) is 2.70. The maximum Gasteiger partial charge on any atom is 0.115 e. The molecule has 2 unspecified atom stereocenters. The largest absolute Gasteiger partial charge is 0.314 e. The van der Waals surface area contributed by atoms with Crippen molar-refractivity contribution in [1.82, 2.24) is 10.3 Å². The van der Waals surface area contributed by atoms with E-state index in [-0.39, 0.29) is 0 Å². The Morgan fingerprint density at radius 3 is 3.19 bits per heavy atom. The van der Waals surface area contributed by atoms with Crippen molar-refractivity contribution in [2.24, 2.45) is 0 Å². The molecule has 88 valence electrons. The maximum absolute atomic E-state index is 6.10. The monoisotopic (exact) mass is 256 g/mol. The maximum atomic E-state index is 6.10. The predicted octanol–water partition coefficient (Wildman–Crippen LogP) is 3.36.